The molecule has 1 spiro atoms. The second-order valence-electron chi connectivity index (χ2n) is 17.0. The Kier molecular flexibility index (Phi) is 9.71. The summed E-state index contributed by atoms with van der Waals surface area (Å²) in [6.07, 6.45) is 11.9. The van der Waals surface area contributed by atoms with Gasteiger partial charge in [0.1, 0.15) is 23.5 Å². The molecule has 8 rings (SSSR count). The number of hydrogen-bond donors (Lipinski definition) is 3. The van der Waals surface area contributed by atoms with Gasteiger partial charge in [-0.25, -0.2) is 4.79 Å². The van der Waals surface area contributed by atoms with Crippen molar-refractivity contribution < 1.29 is 39.2 Å². The van der Waals surface area contributed by atoms with Crippen LogP contribution >= 0.6 is 21.6 Å². The lowest BCUT2D eigenvalue weighted by Crippen LogP contribution is -2.96. The predicted octanol–water partition coefficient (Wildman–Crippen LogP) is 2.28. The number of allylic oxidation sites excluding steroid dienone is 1. The summed E-state index contributed by atoms with van der Waals surface area (Å²) < 4.78 is 20.2. The summed E-state index contributed by atoms with van der Waals surface area (Å²) >= 11 is 0. The maximum Gasteiger partial charge on any atom is 0.334 e. The quantitative estimate of drug-likeness (QED) is 0.173. The molecule has 276 valence electrons. The monoisotopic (exact) mass is 730 g/mol. The molecule has 6 N–H and O–H groups in total. The minimum atomic E-state index is -0.915. The van der Waals surface area contributed by atoms with E-state index < -0.39 is 11.2 Å². The van der Waals surface area contributed by atoms with Crippen LogP contribution in [0.1, 0.15) is 85.0 Å². The van der Waals surface area contributed by atoms with Crippen molar-refractivity contribution in [3.8, 4) is 0 Å². The SMILES string of the molecule is CC=C(C)C(=O)OC1(C)CC=C2CSSC3CCC([NH2+]C)C4CN(C(=O)CC5C[NH2+]C(N)CC5C2C12CC1CC5CCC(=O)OC5CC1O2)C34. The number of amides is 1. The van der Waals surface area contributed by atoms with Gasteiger partial charge in [-0.3, -0.25) is 15.3 Å². The van der Waals surface area contributed by atoms with Crippen molar-refractivity contribution in [1.29, 1.82) is 0 Å². The van der Waals surface area contributed by atoms with Crippen LogP contribution in [0, 0.1) is 35.5 Å². The average molecular weight is 731 g/mol. The van der Waals surface area contributed by atoms with E-state index in [0.29, 0.717) is 66.3 Å². The van der Waals surface area contributed by atoms with Crippen LogP contribution in [0.5, 0.6) is 0 Å². The van der Waals surface area contributed by atoms with Crippen molar-refractivity contribution in [3.05, 3.63) is 23.3 Å². The molecular formula is C38H58N4O6S2+2. The summed E-state index contributed by atoms with van der Waals surface area (Å²) in [5, 5.41) is 5.04. The van der Waals surface area contributed by atoms with Crippen LogP contribution in [0.4, 0.5) is 0 Å². The highest BCUT2D eigenvalue weighted by Crippen LogP contribution is 2.62. The molecule has 3 aliphatic carbocycles. The molecule has 0 bridgehead atoms. The highest BCUT2D eigenvalue weighted by atomic mass is 33.1. The molecule has 0 aromatic carbocycles. The predicted molar refractivity (Wildman–Crippen MR) is 192 cm³/mol. The highest BCUT2D eigenvalue weighted by Gasteiger charge is 2.68. The smallest absolute Gasteiger partial charge is 0.334 e. The minimum Gasteiger partial charge on any atom is -0.462 e. The van der Waals surface area contributed by atoms with Crippen LogP contribution in [0.15, 0.2) is 23.3 Å². The van der Waals surface area contributed by atoms with E-state index >= 15 is 0 Å². The van der Waals surface area contributed by atoms with Gasteiger partial charge in [0.2, 0.25) is 5.91 Å². The Morgan fingerprint density at radius 3 is 2.78 bits per heavy atom. The zero-order valence-electron chi connectivity index (χ0n) is 30.2. The van der Waals surface area contributed by atoms with E-state index in [1.54, 1.807) is 0 Å². The molecule has 5 aliphatic heterocycles. The third kappa shape index (κ3) is 5.90. The Bertz CT molecular complexity index is 1440. The number of carbonyl (C=O) groups excluding carboxylic acids is 3. The number of rotatable bonds is 3. The lowest BCUT2D eigenvalue weighted by molar-refractivity contribution is -0.706. The van der Waals surface area contributed by atoms with Crippen molar-refractivity contribution in [3.63, 3.8) is 0 Å². The third-order valence-electron chi connectivity index (χ3n) is 14.5. The van der Waals surface area contributed by atoms with Gasteiger partial charge in [0.05, 0.1) is 37.7 Å². The van der Waals surface area contributed by atoms with E-state index in [4.69, 9.17) is 19.9 Å². The molecule has 0 radical (unpaired) electrons. The first-order chi connectivity index (χ1) is 24.0. The molecule has 2 saturated carbocycles. The van der Waals surface area contributed by atoms with Gasteiger partial charge in [-0.15, -0.1) is 0 Å². The van der Waals surface area contributed by atoms with Gasteiger partial charge in [-0.1, -0.05) is 39.3 Å². The topological polar surface area (TPSA) is 141 Å². The zero-order chi connectivity index (χ0) is 34.9. The summed E-state index contributed by atoms with van der Waals surface area (Å²) in [5.41, 5.74) is 7.06. The molecule has 5 heterocycles. The largest absolute Gasteiger partial charge is 0.462 e. The number of quaternary nitrogens is 2. The molecular weight excluding hydrogens is 673 g/mol. The van der Waals surface area contributed by atoms with Crippen LogP contribution < -0.4 is 16.4 Å². The lowest BCUT2D eigenvalue weighted by atomic mass is 9.56. The number of piperidine rings is 1. The van der Waals surface area contributed by atoms with Crippen molar-refractivity contribution >= 4 is 39.4 Å². The molecule has 12 heteroatoms. The molecule has 7 fully saturated rings. The van der Waals surface area contributed by atoms with Crippen molar-refractivity contribution in [2.24, 2.45) is 41.2 Å². The lowest BCUT2D eigenvalue weighted by Gasteiger charge is -2.58. The van der Waals surface area contributed by atoms with Gasteiger partial charge in [0, 0.05) is 73.5 Å². The Hall–Kier alpha value is -1.57. The van der Waals surface area contributed by atoms with E-state index in [1.165, 1.54) is 12.0 Å². The Morgan fingerprint density at radius 2 is 1.98 bits per heavy atom. The second kappa shape index (κ2) is 13.7. The maximum atomic E-state index is 14.4. The summed E-state index contributed by atoms with van der Waals surface area (Å²) in [4.78, 5) is 42.7. The number of esters is 2. The standard InChI is InChI=1S/C38H56N4O6S2/c1-5-20(2)36(45)48-37(3)11-10-22-19-49-50-30-8-7-27(40-4)26-18-42(35(26)30)32(43)13-24-17-41-31(39)14-25(24)34(22)38(37)16-23-12-21-6-9-33(44)46-28(21)15-29(23)47-38/h5,10,21,23-31,34-35,40-41H,6-9,11-19,39H2,1-4H3/p+2. The second-order valence-corrected chi connectivity index (χ2v) is 19.6. The van der Waals surface area contributed by atoms with E-state index in [9.17, 15) is 14.4 Å². The maximum absolute atomic E-state index is 14.4. The number of nitrogens with zero attached hydrogens (tertiary/aromatic N) is 1. The van der Waals surface area contributed by atoms with E-state index in [1.807, 2.05) is 41.5 Å². The fourth-order valence-corrected chi connectivity index (χ4v) is 14.8. The van der Waals surface area contributed by atoms with Crippen LogP contribution in [0.2, 0.25) is 0 Å². The van der Waals surface area contributed by atoms with Gasteiger partial charge < -0.3 is 29.7 Å². The Balaban J connectivity index is 1.19. The zero-order valence-corrected chi connectivity index (χ0v) is 31.9. The van der Waals surface area contributed by atoms with Gasteiger partial charge in [-0.05, 0) is 64.2 Å². The van der Waals surface area contributed by atoms with Crippen LogP contribution in [-0.2, 0) is 28.6 Å². The molecule has 14 unspecified atom stereocenters. The van der Waals surface area contributed by atoms with Crippen LogP contribution in [-0.4, -0.2) is 95.5 Å². The van der Waals surface area contributed by atoms with E-state index in [2.05, 4.69) is 35.6 Å². The molecule has 5 saturated heterocycles. The number of nitrogens with two attached hydrogens (primary N) is 3. The van der Waals surface area contributed by atoms with Crippen molar-refractivity contribution in [2.45, 2.75) is 132 Å². The van der Waals surface area contributed by atoms with E-state index in [-0.39, 0.29) is 54.0 Å². The van der Waals surface area contributed by atoms with Gasteiger partial charge in [-0.2, -0.15) is 0 Å². The average Bonchev–Trinajstić information content (AvgIpc) is 3.45. The molecule has 0 aromatic rings. The van der Waals surface area contributed by atoms with E-state index in [0.717, 1.165) is 50.9 Å². The number of ether oxygens (including phenoxy) is 3. The highest BCUT2D eigenvalue weighted by molar-refractivity contribution is 8.77. The number of carbonyl (C=O) groups is 3. The summed E-state index contributed by atoms with van der Waals surface area (Å²) in [5.74, 6) is 2.14. The minimum absolute atomic E-state index is 0.0504. The van der Waals surface area contributed by atoms with Gasteiger partial charge in [0.15, 0.2) is 0 Å². The molecule has 8 aliphatic rings. The molecule has 14 atom stereocenters. The summed E-state index contributed by atoms with van der Waals surface area (Å²) in [7, 11) is 6.13. The Morgan fingerprint density at radius 1 is 1.14 bits per heavy atom. The molecule has 1 amide bonds. The molecule has 0 aromatic heterocycles. The third-order valence-corrected chi connectivity index (χ3v) is 17.4. The number of fused-ring (bicyclic) bond motifs is 6. The molecule has 10 nitrogen and oxygen atoms in total. The number of hydrogen-bond acceptors (Lipinski definition) is 9. The fourth-order valence-electron chi connectivity index (χ4n) is 11.7. The first kappa shape index (κ1) is 35.5. The first-order valence-corrected chi connectivity index (χ1v) is 21.8. The Labute approximate surface area is 304 Å². The van der Waals surface area contributed by atoms with Crippen LogP contribution in [0.3, 0.4) is 0 Å². The van der Waals surface area contributed by atoms with Crippen molar-refractivity contribution in [2.75, 3.05) is 25.9 Å². The van der Waals surface area contributed by atoms with Crippen LogP contribution in [0.25, 0.3) is 0 Å². The normalized spacial score (nSPS) is 47.5. The molecule has 50 heavy (non-hydrogen) atoms. The van der Waals surface area contributed by atoms with Crippen molar-refractivity contribution in [1.82, 2.24) is 4.90 Å². The van der Waals surface area contributed by atoms with Gasteiger partial charge in [0.25, 0.3) is 0 Å². The summed E-state index contributed by atoms with van der Waals surface area (Å²) in [6.45, 7) is 7.47. The first-order valence-electron chi connectivity index (χ1n) is 19.4. The van der Waals surface area contributed by atoms with Gasteiger partial charge >= 0.3 is 11.9 Å². The fraction of sp³-hybridized carbons (Fsp3) is 0.816. The summed E-state index contributed by atoms with van der Waals surface area (Å²) in [6, 6.07) is 0.918.